The lowest BCUT2D eigenvalue weighted by Crippen LogP contribution is -2.40. The van der Waals surface area contributed by atoms with E-state index in [0.717, 1.165) is 12.3 Å². The largest absolute Gasteiger partial charge is 0.391 e. The van der Waals surface area contributed by atoms with Gasteiger partial charge < -0.3 is 15.7 Å². The first-order valence-corrected chi connectivity index (χ1v) is 8.95. The molecule has 0 radical (unpaired) electrons. The molecule has 1 fully saturated rings. The van der Waals surface area contributed by atoms with E-state index in [0.29, 0.717) is 13.1 Å². The number of carbonyl (C=O) groups excluding carboxylic acids is 1. The molecule has 0 aliphatic carbocycles. The highest BCUT2D eigenvalue weighted by atomic mass is 35.5. The lowest BCUT2D eigenvalue weighted by atomic mass is 10.1. The van der Waals surface area contributed by atoms with Crippen LogP contribution in [-0.4, -0.2) is 42.0 Å². The molecular formula is C17H27ClN2O2S. The van der Waals surface area contributed by atoms with Crippen LogP contribution in [-0.2, 0) is 10.5 Å². The van der Waals surface area contributed by atoms with Gasteiger partial charge in [-0.3, -0.25) is 4.79 Å². The fourth-order valence-electron chi connectivity index (χ4n) is 2.59. The van der Waals surface area contributed by atoms with Crippen molar-refractivity contribution in [2.45, 2.75) is 31.0 Å². The summed E-state index contributed by atoms with van der Waals surface area (Å²) in [5.74, 6) is 1.32. The van der Waals surface area contributed by atoms with Gasteiger partial charge >= 0.3 is 0 Å². The van der Waals surface area contributed by atoms with E-state index in [9.17, 15) is 9.90 Å². The topological polar surface area (TPSA) is 61.4 Å². The number of halogens is 1. The van der Waals surface area contributed by atoms with Gasteiger partial charge in [0, 0.05) is 31.3 Å². The third-order valence-electron chi connectivity index (χ3n) is 3.98. The number of hydrogen-bond acceptors (Lipinski definition) is 4. The average molecular weight is 359 g/mol. The lowest BCUT2D eigenvalue weighted by Gasteiger charge is -2.22. The Labute approximate surface area is 149 Å². The first-order chi connectivity index (χ1) is 10.6. The SMILES string of the molecule is CC(C)C(SCc1ccccc1)C(=O)NCC1CNCC1O.Cl. The normalized spacial score (nSPS) is 21.7. The van der Waals surface area contributed by atoms with Gasteiger partial charge in [-0.05, 0) is 11.5 Å². The number of carbonyl (C=O) groups is 1. The second kappa shape index (κ2) is 10.2. The Morgan fingerprint density at radius 2 is 2.04 bits per heavy atom. The zero-order valence-corrected chi connectivity index (χ0v) is 15.3. The minimum Gasteiger partial charge on any atom is -0.391 e. The first kappa shape index (κ1) is 20.3. The molecule has 1 amide bonds. The van der Waals surface area contributed by atoms with E-state index in [4.69, 9.17) is 0 Å². The summed E-state index contributed by atoms with van der Waals surface area (Å²) in [5.41, 5.74) is 1.24. The summed E-state index contributed by atoms with van der Waals surface area (Å²) in [7, 11) is 0. The number of nitrogens with one attached hydrogen (secondary N) is 2. The first-order valence-electron chi connectivity index (χ1n) is 7.90. The summed E-state index contributed by atoms with van der Waals surface area (Å²) in [6, 6.07) is 10.2. The van der Waals surface area contributed by atoms with E-state index in [2.05, 4.69) is 36.6 Å². The molecule has 3 atom stereocenters. The molecule has 0 spiro atoms. The average Bonchev–Trinajstić information content (AvgIpc) is 2.91. The third-order valence-corrected chi connectivity index (χ3v) is 5.60. The zero-order chi connectivity index (χ0) is 15.9. The van der Waals surface area contributed by atoms with Crippen molar-refractivity contribution in [3.63, 3.8) is 0 Å². The molecule has 0 saturated carbocycles. The molecule has 6 heteroatoms. The van der Waals surface area contributed by atoms with Gasteiger partial charge in [-0.1, -0.05) is 44.2 Å². The van der Waals surface area contributed by atoms with Gasteiger partial charge in [0.1, 0.15) is 0 Å². The number of aliphatic hydroxyl groups is 1. The van der Waals surface area contributed by atoms with Crippen molar-refractivity contribution in [1.29, 1.82) is 0 Å². The molecule has 1 aromatic rings. The summed E-state index contributed by atoms with van der Waals surface area (Å²) < 4.78 is 0. The van der Waals surface area contributed by atoms with Crippen LogP contribution in [0.3, 0.4) is 0 Å². The molecule has 23 heavy (non-hydrogen) atoms. The van der Waals surface area contributed by atoms with Crippen LogP contribution in [0.4, 0.5) is 0 Å². The highest BCUT2D eigenvalue weighted by Gasteiger charge is 2.27. The highest BCUT2D eigenvalue weighted by molar-refractivity contribution is 7.99. The van der Waals surface area contributed by atoms with Crippen molar-refractivity contribution in [3.05, 3.63) is 35.9 Å². The molecule has 0 bridgehead atoms. The Morgan fingerprint density at radius 1 is 1.35 bits per heavy atom. The molecule has 1 heterocycles. The number of benzene rings is 1. The van der Waals surface area contributed by atoms with Crippen LogP contribution < -0.4 is 10.6 Å². The number of rotatable bonds is 7. The number of hydrogen-bond donors (Lipinski definition) is 3. The van der Waals surface area contributed by atoms with Crippen LogP contribution >= 0.6 is 24.2 Å². The Bertz CT molecular complexity index is 473. The number of thioether (sulfide) groups is 1. The van der Waals surface area contributed by atoms with Gasteiger partial charge in [0.25, 0.3) is 0 Å². The van der Waals surface area contributed by atoms with E-state index < -0.39 is 0 Å². The summed E-state index contributed by atoms with van der Waals surface area (Å²) in [6.45, 7) is 6.09. The number of aliphatic hydroxyl groups excluding tert-OH is 1. The molecule has 1 aliphatic heterocycles. The van der Waals surface area contributed by atoms with Gasteiger partial charge in [0.2, 0.25) is 5.91 Å². The van der Waals surface area contributed by atoms with E-state index >= 15 is 0 Å². The van der Waals surface area contributed by atoms with Gasteiger partial charge in [0.15, 0.2) is 0 Å². The third kappa shape index (κ3) is 6.34. The molecule has 130 valence electrons. The molecule has 3 unspecified atom stereocenters. The van der Waals surface area contributed by atoms with Crippen molar-refractivity contribution in [2.75, 3.05) is 19.6 Å². The van der Waals surface area contributed by atoms with E-state index in [1.807, 2.05) is 18.2 Å². The fourth-order valence-corrected chi connectivity index (χ4v) is 3.77. The molecule has 2 rings (SSSR count). The molecular weight excluding hydrogens is 332 g/mol. The van der Waals surface area contributed by atoms with Crippen LogP contribution in [0.5, 0.6) is 0 Å². The monoisotopic (exact) mass is 358 g/mol. The minimum absolute atomic E-state index is 0. The summed E-state index contributed by atoms with van der Waals surface area (Å²) in [6.07, 6.45) is -0.352. The Kier molecular flexibility index (Phi) is 8.99. The predicted octanol–water partition coefficient (Wildman–Crippen LogP) is 2.06. The quantitative estimate of drug-likeness (QED) is 0.698. The van der Waals surface area contributed by atoms with Gasteiger partial charge in [-0.2, -0.15) is 0 Å². The van der Waals surface area contributed by atoms with E-state index in [1.54, 1.807) is 11.8 Å². The minimum atomic E-state index is -0.352. The van der Waals surface area contributed by atoms with Gasteiger partial charge in [-0.25, -0.2) is 0 Å². The van der Waals surface area contributed by atoms with Crippen LogP contribution in [0, 0.1) is 11.8 Å². The van der Waals surface area contributed by atoms with Crippen LogP contribution in [0.2, 0.25) is 0 Å². The Balaban J connectivity index is 0.00000264. The number of β-amino-alcohol motifs (C(OH)–C–C–N with tert-alkyl or cyclic N) is 1. The van der Waals surface area contributed by atoms with E-state index in [1.165, 1.54) is 5.56 Å². The van der Waals surface area contributed by atoms with Crippen molar-refractivity contribution in [2.24, 2.45) is 11.8 Å². The standard InChI is InChI=1S/C17H26N2O2S.ClH/c1-12(2)16(22-11-13-6-4-3-5-7-13)17(21)19-9-14-8-18-10-15(14)20;/h3-7,12,14-16,18,20H,8-11H2,1-2H3,(H,19,21);1H. The van der Waals surface area contributed by atoms with Crippen molar-refractivity contribution >= 4 is 30.1 Å². The van der Waals surface area contributed by atoms with Gasteiger partial charge in [-0.15, -0.1) is 24.2 Å². The van der Waals surface area contributed by atoms with E-state index in [-0.39, 0.29) is 41.5 Å². The smallest absolute Gasteiger partial charge is 0.233 e. The zero-order valence-electron chi connectivity index (χ0n) is 13.7. The maximum Gasteiger partial charge on any atom is 0.233 e. The second-order valence-corrected chi connectivity index (χ2v) is 7.32. The van der Waals surface area contributed by atoms with Crippen LogP contribution in [0.1, 0.15) is 19.4 Å². The lowest BCUT2D eigenvalue weighted by molar-refractivity contribution is -0.121. The van der Waals surface area contributed by atoms with Crippen molar-refractivity contribution in [3.8, 4) is 0 Å². The van der Waals surface area contributed by atoms with Gasteiger partial charge in [0.05, 0.1) is 11.4 Å². The molecule has 1 aromatic carbocycles. The second-order valence-electron chi connectivity index (χ2n) is 6.19. The predicted molar refractivity (Wildman–Crippen MR) is 99.0 cm³/mol. The van der Waals surface area contributed by atoms with Crippen molar-refractivity contribution < 1.29 is 9.90 Å². The molecule has 4 nitrogen and oxygen atoms in total. The molecule has 1 aliphatic rings. The highest BCUT2D eigenvalue weighted by Crippen LogP contribution is 2.24. The maximum absolute atomic E-state index is 12.4. The molecule has 3 N–H and O–H groups in total. The fraction of sp³-hybridized carbons (Fsp3) is 0.588. The number of amides is 1. The molecule has 1 saturated heterocycles. The van der Waals surface area contributed by atoms with Crippen LogP contribution in [0.15, 0.2) is 30.3 Å². The Hall–Kier alpha value is -0.750. The summed E-state index contributed by atoms with van der Waals surface area (Å²) in [4.78, 5) is 12.4. The van der Waals surface area contributed by atoms with Crippen molar-refractivity contribution in [1.82, 2.24) is 10.6 Å². The summed E-state index contributed by atoms with van der Waals surface area (Å²) in [5, 5.41) is 15.9. The maximum atomic E-state index is 12.4. The van der Waals surface area contributed by atoms with Crippen LogP contribution in [0.25, 0.3) is 0 Å². The summed E-state index contributed by atoms with van der Waals surface area (Å²) >= 11 is 1.68. The molecule has 0 aromatic heterocycles. The Morgan fingerprint density at radius 3 is 2.61 bits per heavy atom.